The fourth-order valence-electron chi connectivity index (χ4n) is 2.03. The zero-order valence-electron chi connectivity index (χ0n) is 12.6. The van der Waals surface area contributed by atoms with E-state index in [1.165, 1.54) is 22.7 Å². The van der Waals surface area contributed by atoms with Crippen molar-refractivity contribution in [1.82, 2.24) is 4.98 Å². The number of aryl methyl sites for hydroxylation is 1. The molecule has 0 aliphatic heterocycles. The summed E-state index contributed by atoms with van der Waals surface area (Å²) in [5, 5.41) is 14.4. The summed E-state index contributed by atoms with van der Waals surface area (Å²) in [7, 11) is 0. The topological polar surface area (TPSA) is 105 Å². The maximum Gasteiger partial charge on any atom is 0.275 e. The predicted molar refractivity (Wildman–Crippen MR) is 94.7 cm³/mol. The Labute approximate surface area is 145 Å². The van der Waals surface area contributed by atoms with E-state index in [9.17, 15) is 14.7 Å². The summed E-state index contributed by atoms with van der Waals surface area (Å²) in [4.78, 5) is 29.0. The number of nitrogens with two attached hydrogens (primary N) is 1. The van der Waals surface area contributed by atoms with E-state index in [1.54, 1.807) is 42.6 Å². The molecule has 0 aliphatic rings. The normalized spacial score (nSPS) is 10.5. The summed E-state index contributed by atoms with van der Waals surface area (Å²) in [6, 6.07) is 8.16. The fourth-order valence-corrected chi connectivity index (χ4v) is 3.66. The van der Waals surface area contributed by atoms with Crippen molar-refractivity contribution in [3.8, 4) is 16.3 Å². The third-order valence-electron chi connectivity index (χ3n) is 3.26. The van der Waals surface area contributed by atoms with Crippen LogP contribution in [0.25, 0.3) is 10.6 Å². The molecule has 4 N–H and O–H groups in total. The molecule has 0 fully saturated rings. The molecule has 0 atom stereocenters. The van der Waals surface area contributed by atoms with Crippen molar-refractivity contribution in [1.29, 1.82) is 0 Å². The number of aromatic hydroxyl groups is 1. The summed E-state index contributed by atoms with van der Waals surface area (Å²) in [6.45, 7) is 1.80. The van der Waals surface area contributed by atoms with E-state index in [2.05, 4.69) is 10.3 Å². The highest BCUT2D eigenvalue weighted by molar-refractivity contribution is 7.14. The number of phenols is 1. The minimum absolute atomic E-state index is 0.173. The van der Waals surface area contributed by atoms with E-state index in [-0.39, 0.29) is 17.4 Å². The Bertz CT molecular complexity index is 913. The van der Waals surface area contributed by atoms with E-state index >= 15 is 0 Å². The van der Waals surface area contributed by atoms with Gasteiger partial charge in [0.1, 0.15) is 16.5 Å². The molecule has 24 heavy (non-hydrogen) atoms. The summed E-state index contributed by atoms with van der Waals surface area (Å²) in [5.41, 5.74) is 6.91. The third kappa shape index (κ3) is 3.29. The summed E-state index contributed by atoms with van der Waals surface area (Å²) in [6.07, 6.45) is 0. The lowest BCUT2D eigenvalue weighted by molar-refractivity contribution is 0.0999. The quantitative estimate of drug-likeness (QED) is 0.665. The Morgan fingerprint density at radius 2 is 1.96 bits per heavy atom. The van der Waals surface area contributed by atoms with Crippen LogP contribution in [0.5, 0.6) is 5.75 Å². The van der Waals surface area contributed by atoms with Crippen molar-refractivity contribution in [3.63, 3.8) is 0 Å². The highest BCUT2D eigenvalue weighted by atomic mass is 32.1. The van der Waals surface area contributed by atoms with E-state index in [0.717, 1.165) is 10.4 Å². The van der Waals surface area contributed by atoms with Gasteiger partial charge in [-0.2, -0.15) is 0 Å². The average Bonchev–Trinajstić information content (AvgIpc) is 3.16. The number of phenolic OH excluding ortho intramolecular Hbond substituents is 1. The van der Waals surface area contributed by atoms with Crippen LogP contribution in [0.4, 0.5) is 5.69 Å². The number of carbonyl (C=O) groups excluding carboxylic acids is 2. The van der Waals surface area contributed by atoms with Crippen molar-refractivity contribution >= 4 is 40.2 Å². The largest absolute Gasteiger partial charge is 0.508 e. The molecule has 3 rings (SSSR count). The number of hydrogen-bond donors (Lipinski definition) is 3. The molecule has 0 radical (unpaired) electrons. The van der Waals surface area contributed by atoms with Crippen LogP contribution in [0.1, 0.15) is 25.0 Å². The maximum absolute atomic E-state index is 12.3. The van der Waals surface area contributed by atoms with Crippen LogP contribution >= 0.6 is 22.7 Å². The molecule has 2 aromatic heterocycles. The summed E-state index contributed by atoms with van der Waals surface area (Å²) < 4.78 is 0. The lowest BCUT2D eigenvalue weighted by Crippen LogP contribution is -2.12. The van der Waals surface area contributed by atoms with Crippen LogP contribution < -0.4 is 11.1 Å². The van der Waals surface area contributed by atoms with Crippen LogP contribution in [-0.4, -0.2) is 21.9 Å². The first-order chi connectivity index (χ1) is 11.4. The molecule has 8 heteroatoms. The number of amides is 2. The number of rotatable bonds is 4. The van der Waals surface area contributed by atoms with Crippen LogP contribution in [-0.2, 0) is 0 Å². The number of anilines is 1. The van der Waals surface area contributed by atoms with E-state index in [0.29, 0.717) is 15.6 Å². The van der Waals surface area contributed by atoms with Crippen LogP contribution in [0.2, 0.25) is 0 Å². The Morgan fingerprint density at radius 3 is 2.58 bits per heavy atom. The number of benzene rings is 1. The molecule has 0 saturated carbocycles. The highest BCUT2D eigenvalue weighted by Crippen LogP contribution is 2.28. The van der Waals surface area contributed by atoms with Crippen molar-refractivity contribution in [2.45, 2.75) is 6.92 Å². The van der Waals surface area contributed by atoms with Gasteiger partial charge in [0.05, 0.1) is 10.6 Å². The molecule has 2 heterocycles. The van der Waals surface area contributed by atoms with Gasteiger partial charge in [0.25, 0.3) is 11.8 Å². The second-order valence-electron chi connectivity index (χ2n) is 4.98. The molecule has 0 saturated heterocycles. The van der Waals surface area contributed by atoms with Gasteiger partial charge in [-0.15, -0.1) is 22.7 Å². The zero-order valence-corrected chi connectivity index (χ0v) is 14.2. The molecule has 122 valence electrons. The monoisotopic (exact) mass is 359 g/mol. The fraction of sp³-hybridized carbons (Fsp3) is 0.0625. The van der Waals surface area contributed by atoms with Crippen molar-refractivity contribution in [2.24, 2.45) is 5.73 Å². The second-order valence-corrected chi connectivity index (χ2v) is 7.10. The Balaban J connectivity index is 1.79. The summed E-state index contributed by atoms with van der Waals surface area (Å²) in [5.74, 6) is -0.702. The van der Waals surface area contributed by atoms with Gasteiger partial charge >= 0.3 is 0 Å². The zero-order chi connectivity index (χ0) is 17.3. The van der Waals surface area contributed by atoms with Crippen molar-refractivity contribution in [2.75, 3.05) is 5.32 Å². The number of aromatic nitrogens is 1. The number of nitrogens with one attached hydrogen (secondary N) is 1. The number of hydrogen-bond acceptors (Lipinski definition) is 6. The molecule has 6 nitrogen and oxygen atoms in total. The lowest BCUT2D eigenvalue weighted by atomic mass is 10.2. The Kier molecular flexibility index (Phi) is 4.32. The molecule has 1 aromatic carbocycles. The SMILES string of the molecule is Cc1sc(C(N)=O)cc1NC(=O)c1csc(-c2ccc(O)cc2)n1. The minimum atomic E-state index is -0.521. The second kappa shape index (κ2) is 6.42. The predicted octanol–water partition coefficient (Wildman–Crippen LogP) is 3.24. The Hall–Kier alpha value is -2.71. The van der Waals surface area contributed by atoms with Crippen LogP contribution in [0, 0.1) is 6.92 Å². The lowest BCUT2D eigenvalue weighted by Gasteiger charge is -2.01. The third-order valence-corrected chi connectivity index (χ3v) is 5.22. The molecule has 0 unspecified atom stereocenters. The van der Waals surface area contributed by atoms with Gasteiger partial charge in [0.2, 0.25) is 0 Å². The number of primary amides is 1. The number of thiophene rings is 1. The van der Waals surface area contributed by atoms with Gasteiger partial charge in [-0.1, -0.05) is 0 Å². The Morgan fingerprint density at radius 1 is 1.25 bits per heavy atom. The number of carbonyl (C=O) groups is 2. The van der Waals surface area contributed by atoms with E-state index < -0.39 is 5.91 Å². The summed E-state index contributed by atoms with van der Waals surface area (Å²) >= 11 is 2.57. The van der Waals surface area contributed by atoms with Gasteiger partial charge in [0.15, 0.2) is 0 Å². The van der Waals surface area contributed by atoms with Crippen LogP contribution in [0.15, 0.2) is 35.7 Å². The van der Waals surface area contributed by atoms with Crippen LogP contribution in [0.3, 0.4) is 0 Å². The van der Waals surface area contributed by atoms with Crippen molar-refractivity contribution in [3.05, 3.63) is 51.2 Å². The number of thiazole rings is 1. The van der Waals surface area contributed by atoms with Gasteiger partial charge in [-0.3, -0.25) is 9.59 Å². The first-order valence-corrected chi connectivity index (χ1v) is 8.60. The van der Waals surface area contributed by atoms with E-state index in [4.69, 9.17) is 5.73 Å². The smallest absolute Gasteiger partial charge is 0.275 e. The van der Waals surface area contributed by atoms with Gasteiger partial charge in [-0.05, 0) is 37.3 Å². The standard InChI is InChI=1S/C16H13N3O3S2/c1-8-11(6-13(24-8)14(17)21)18-15(22)12-7-23-16(19-12)9-2-4-10(20)5-3-9/h2-7,20H,1H3,(H2,17,21)(H,18,22). The molecular weight excluding hydrogens is 346 g/mol. The molecule has 3 aromatic rings. The molecule has 0 bridgehead atoms. The average molecular weight is 359 g/mol. The van der Waals surface area contributed by atoms with Gasteiger partial charge in [0, 0.05) is 15.8 Å². The van der Waals surface area contributed by atoms with E-state index in [1.807, 2.05) is 0 Å². The molecule has 0 spiro atoms. The molecular formula is C16H13N3O3S2. The maximum atomic E-state index is 12.3. The first kappa shape index (κ1) is 16.2. The van der Waals surface area contributed by atoms with Crippen molar-refractivity contribution < 1.29 is 14.7 Å². The molecule has 0 aliphatic carbocycles. The minimum Gasteiger partial charge on any atom is -0.508 e. The number of nitrogens with zero attached hydrogens (tertiary/aromatic N) is 1. The van der Waals surface area contributed by atoms with Gasteiger partial charge < -0.3 is 16.2 Å². The molecule has 2 amide bonds. The van der Waals surface area contributed by atoms with Gasteiger partial charge in [-0.25, -0.2) is 4.98 Å². The first-order valence-electron chi connectivity index (χ1n) is 6.90. The highest BCUT2D eigenvalue weighted by Gasteiger charge is 2.16.